The van der Waals surface area contributed by atoms with E-state index in [1.165, 1.54) is 0 Å². The molecule has 0 radical (unpaired) electrons. The Balaban J connectivity index is 0.00000128. The molecule has 16 heavy (non-hydrogen) atoms. The Kier molecular flexibility index (Phi) is 5.40. The number of halogens is 3. The van der Waals surface area contributed by atoms with Crippen molar-refractivity contribution in [3.8, 4) is 0 Å². The summed E-state index contributed by atoms with van der Waals surface area (Å²) in [6, 6.07) is 6.87. The van der Waals surface area contributed by atoms with E-state index in [0.717, 1.165) is 0 Å². The number of hydrogen-bond acceptors (Lipinski definition) is 3. The molecule has 2 nitrogen and oxygen atoms in total. The average molecular weight is 271 g/mol. The standard InChI is InChI=1S/C8H6BF3NOS.K/c10-9(11,12)5-15-8-13-6-3-1-2-4-7(6)14-8;/h1-4H,5H2;/q-1;+1. The van der Waals surface area contributed by atoms with Crippen molar-refractivity contribution < 1.29 is 68.7 Å². The second-order valence-corrected chi connectivity index (χ2v) is 3.94. The molecule has 0 fully saturated rings. The van der Waals surface area contributed by atoms with Gasteiger partial charge >= 0.3 is 58.4 Å². The zero-order valence-electron chi connectivity index (χ0n) is 8.49. The quantitative estimate of drug-likeness (QED) is 0.593. The predicted octanol–water partition coefficient (Wildman–Crippen LogP) is 0.310. The number of nitrogens with zero attached hydrogens (tertiary/aromatic N) is 1. The second-order valence-electron chi connectivity index (χ2n) is 2.97. The molecule has 0 aliphatic heterocycles. The van der Waals surface area contributed by atoms with Crippen LogP contribution in [0.1, 0.15) is 0 Å². The van der Waals surface area contributed by atoms with Crippen molar-refractivity contribution in [2.75, 3.05) is 5.65 Å². The minimum atomic E-state index is -4.80. The molecule has 1 aromatic heterocycles. The van der Waals surface area contributed by atoms with Crippen molar-refractivity contribution >= 4 is 29.8 Å². The summed E-state index contributed by atoms with van der Waals surface area (Å²) in [4.78, 5) is 3.92. The van der Waals surface area contributed by atoms with Crippen molar-refractivity contribution in [3.63, 3.8) is 0 Å². The van der Waals surface area contributed by atoms with Crippen molar-refractivity contribution in [1.82, 2.24) is 4.98 Å². The molecule has 0 atom stereocenters. The first-order valence-corrected chi connectivity index (χ1v) is 5.22. The topological polar surface area (TPSA) is 26.0 Å². The Morgan fingerprint density at radius 3 is 2.56 bits per heavy atom. The molecule has 2 aromatic rings. The van der Waals surface area contributed by atoms with Crippen LogP contribution in [-0.2, 0) is 0 Å². The third-order valence-electron chi connectivity index (χ3n) is 1.67. The molecule has 0 aliphatic carbocycles. The summed E-state index contributed by atoms with van der Waals surface area (Å²) in [5, 5.41) is 0.0652. The van der Waals surface area contributed by atoms with Gasteiger partial charge in [-0.25, -0.2) is 4.98 Å². The van der Waals surface area contributed by atoms with E-state index in [2.05, 4.69) is 4.98 Å². The average Bonchev–Trinajstić information content (AvgIpc) is 2.56. The fourth-order valence-corrected chi connectivity index (χ4v) is 1.72. The number of benzene rings is 1. The molecule has 0 N–H and O–H groups in total. The molecule has 0 aliphatic rings. The predicted molar refractivity (Wildman–Crippen MR) is 53.8 cm³/mol. The molecule has 0 amide bonds. The number of para-hydroxylation sites is 2. The van der Waals surface area contributed by atoms with Crippen LogP contribution in [0.3, 0.4) is 0 Å². The van der Waals surface area contributed by atoms with Gasteiger partial charge in [0.1, 0.15) is 5.52 Å². The van der Waals surface area contributed by atoms with Crippen LogP contribution in [-0.4, -0.2) is 17.6 Å². The van der Waals surface area contributed by atoms with E-state index in [4.69, 9.17) is 4.42 Å². The third-order valence-corrected chi connectivity index (χ3v) is 2.64. The van der Waals surface area contributed by atoms with Crippen LogP contribution < -0.4 is 51.4 Å². The Morgan fingerprint density at radius 2 is 1.94 bits per heavy atom. The van der Waals surface area contributed by atoms with Crippen LogP contribution >= 0.6 is 11.8 Å². The van der Waals surface area contributed by atoms with Gasteiger partial charge in [0.25, 0.3) is 5.22 Å². The van der Waals surface area contributed by atoms with Gasteiger partial charge in [-0.2, -0.15) is 0 Å². The molecule has 80 valence electrons. The zero-order valence-corrected chi connectivity index (χ0v) is 12.4. The summed E-state index contributed by atoms with van der Waals surface area (Å²) in [7, 11) is 0. The van der Waals surface area contributed by atoms with E-state index < -0.39 is 12.6 Å². The van der Waals surface area contributed by atoms with Crippen molar-refractivity contribution in [2.24, 2.45) is 0 Å². The first-order chi connectivity index (χ1) is 7.04. The monoisotopic (exact) mass is 271 g/mol. The number of fused-ring (bicyclic) bond motifs is 1. The number of thioether (sulfide) groups is 1. The first kappa shape index (κ1) is 14.6. The van der Waals surface area contributed by atoms with Gasteiger partial charge in [-0.05, 0) is 17.8 Å². The van der Waals surface area contributed by atoms with Gasteiger partial charge in [-0.3, -0.25) is 0 Å². The molecule has 1 aromatic carbocycles. The third kappa shape index (κ3) is 4.08. The van der Waals surface area contributed by atoms with Crippen LogP contribution in [0.2, 0.25) is 0 Å². The van der Waals surface area contributed by atoms with Crippen molar-refractivity contribution in [3.05, 3.63) is 24.3 Å². The van der Waals surface area contributed by atoms with Gasteiger partial charge in [-0.15, -0.1) is 0 Å². The first-order valence-electron chi connectivity index (χ1n) is 4.24. The summed E-state index contributed by atoms with van der Waals surface area (Å²) >= 11 is 0.578. The summed E-state index contributed by atoms with van der Waals surface area (Å²) < 4.78 is 41.0. The fraction of sp³-hybridized carbons (Fsp3) is 0.125. The summed E-state index contributed by atoms with van der Waals surface area (Å²) in [6.07, 6.45) is 0. The van der Waals surface area contributed by atoms with Crippen LogP contribution in [0.4, 0.5) is 12.9 Å². The van der Waals surface area contributed by atoms with E-state index in [1.807, 2.05) is 0 Å². The maximum Gasteiger partial charge on any atom is 1.00 e. The minimum absolute atomic E-state index is 0. The molecule has 0 saturated carbocycles. The van der Waals surface area contributed by atoms with Gasteiger partial charge < -0.3 is 17.4 Å². The SMILES string of the molecule is F[B-](F)(F)CSc1nc2ccccc2o1.[K+]. The van der Waals surface area contributed by atoms with Gasteiger partial charge in [0.2, 0.25) is 0 Å². The summed E-state index contributed by atoms with van der Waals surface area (Å²) in [5.41, 5.74) is 0.164. The molecule has 0 unspecified atom stereocenters. The van der Waals surface area contributed by atoms with E-state index >= 15 is 0 Å². The molecule has 0 saturated heterocycles. The van der Waals surface area contributed by atoms with Crippen molar-refractivity contribution in [1.29, 1.82) is 0 Å². The normalized spacial score (nSPS) is 11.4. The molecule has 0 bridgehead atoms. The van der Waals surface area contributed by atoms with E-state index in [1.54, 1.807) is 24.3 Å². The summed E-state index contributed by atoms with van der Waals surface area (Å²) in [6.45, 7) is -4.80. The Hall–Kier alpha value is 0.531. The maximum absolute atomic E-state index is 12.0. The van der Waals surface area contributed by atoms with E-state index in [9.17, 15) is 12.9 Å². The van der Waals surface area contributed by atoms with Crippen LogP contribution in [0.15, 0.2) is 33.9 Å². The van der Waals surface area contributed by atoms with E-state index in [-0.39, 0.29) is 56.6 Å². The summed E-state index contributed by atoms with van der Waals surface area (Å²) in [5.74, 6) is 0. The molecular weight excluding hydrogens is 265 g/mol. The molecule has 2 rings (SSSR count). The molecule has 8 heteroatoms. The van der Waals surface area contributed by atoms with Gasteiger partial charge in [-0.1, -0.05) is 23.9 Å². The molecule has 1 heterocycles. The van der Waals surface area contributed by atoms with Gasteiger partial charge in [0.15, 0.2) is 5.58 Å². The molecule has 0 spiro atoms. The Bertz CT molecular complexity index is 442. The fourth-order valence-electron chi connectivity index (χ4n) is 1.08. The maximum atomic E-state index is 12.0. The molecular formula is C8H6BF3KNOS. The number of aromatic nitrogens is 1. The van der Waals surface area contributed by atoms with Crippen molar-refractivity contribution in [2.45, 2.75) is 5.22 Å². The zero-order chi connectivity index (χ0) is 10.9. The van der Waals surface area contributed by atoms with E-state index in [0.29, 0.717) is 22.9 Å². The number of hydrogen-bond donors (Lipinski definition) is 0. The van der Waals surface area contributed by atoms with Crippen LogP contribution in [0.5, 0.6) is 0 Å². The van der Waals surface area contributed by atoms with Crippen LogP contribution in [0, 0.1) is 0 Å². The minimum Gasteiger partial charge on any atom is -0.448 e. The smallest absolute Gasteiger partial charge is 0.448 e. The van der Waals surface area contributed by atoms with Crippen LogP contribution in [0.25, 0.3) is 11.1 Å². The largest absolute Gasteiger partial charge is 1.00 e. The Labute approximate surface area is 137 Å². The Morgan fingerprint density at radius 1 is 1.25 bits per heavy atom. The number of oxazole rings is 1. The van der Waals surface area contributed by atoms with Gasteiger partial charge in [0.05, 0.1) is 0 Å². The van der Waals surface area contributed by atoms with Gasteiger partial charge in [0, 0.05) is 0 Å². The number of rotatable bonds is 3. The second kappa shape index (κ2) is 5.92.